The smallest absolute Gasteiger partial charge is 0.316 e. The molecule has 0 N–H and O–H groups in total. The zero-order chi connectivity index (χ0) is 23.7. The van der Waals surface area contributed by atoms with Gasteiger partial charge in [0.15, 0.2) is 0 Å². The molecule has 0 saturated carbocycles. The molecule has 32 heavy (non-hydrogen) atoms. The molecule has 0 aliphatic carbocycles. The molecule has 0 atom stereocenters. The van der Waals surface area contributed by atoms with E-state index in [-0.39, 0.29) is 16.7 Å². The summed E-state index contributed by atoms with van der Waals surface area (Å²) in [5.74, 6) is 0.204. The molecular weight excluding hydrogens is 452 g/mol. The van der Waals surface area contributed by atoms with E-state index in [4.69, 9.17) is 16.3 Å². The summed E-state index contributed by atoms with van der Waals surface area (Å²) in [7, 11) is -3.32. The third-order valence-corrected chi connectivity index (χ3v) is 7.66. The van der Waals surface area contributed by atoms with Gasteiger partial charge in [0.25, 0.3) is 0 Å². The van der Waals surface area contributed by atoms with Crippen LogP contribution in [-0.2, 0) is 10.0 Å². The first-order valence-corrected chi connectivity index (χ1v) is 12.5. The number of piperazine rings is 1. The summed E-state index contributed by atoms with van der Waals surface area (Å²) >= 11 is 6.10. The van der Waals surface area contributed by atoms with E-state index in [1.54, 1.807) is 44.3 Å². The third-order valence-electron chi connectivity index (χ3n) is 5.15. The molecule has 0 unspecified atom stereocenters. The number of sulfonamides is 1. The highest BCUT2D eigenvalue weighted by atomic mass is 35.5. The van der Waals surface area contributed by atoms with Gasteiger partial charge in [-0.05, 0) is 37.5 Å². The molecule has 1 aliphatic heterocycles. The fourth-order valence-electron chi connectivity index (χ4n) is 3.35. The molecule has 8 nitrogen and oxygen atoms in total. The highest BCUT2D eigenvalue weighted by Gasteiger charge is 2.31. The second kappa shape index (κ2) is 9.41. The molecule has 3 rings (SSSR count). The average Bonchev–Trinajstić information content (AvgIpc) is 2.72. The normalized spacial score (nSPS) is 15.9. The van der Waals surface area contributed by atoms with Crippen molar-refractivity contribution in [3.05, 3.63) is 45.8 Å². The number of nitrogens with zero attached hydrogens (tertiary/aromatic N) is 4. The van der Waals surface area contributed by atoms with Crippen molar-refractivity contribution in [1.29, 1.82) is 0 Å². The number of halogens is 1. The number of ether oxygens (including phenoxy) is 1. The second-order valence-electron chi connectivity index (χ2n) is 9.38. The molecule has 1 aliphatic rings. The van der Waals surface area contributed by atoms with E-state index in [1.807, 2.05) is 25.7 Å². The summed E-state index contributed by atoms with van der Waals surface area (Å²) in [5, 5.41) is 4.39. The SMILES string of the molecule is CC(C)S(=O)(=O)N1CCN(c2cnn(-c3cccc(Cl)c3)c(=O)c2OCC(C)(C)C)CC1. The molecule has 0 radical (unpaired) electrons. The van der Waals surface area contributed by atoms with E-state index in [0.29, 0.717) is 49.2 Å². The molecular formula is C22H31ClN4O4S. The highest BCUT2D eigenvalue weighted by molar-refractivity contribution is 7.89. The van der Waals surface area contributed by atoms with Crippen LogP contribution in [0.3, 0.4) is 0 Å². The maximum absolute atomic E-state index is 13.4. The minimum Gasteiger partial charge on any atom is -0.486 e. The molecule has 2 aromatic rings. The van der Waals surface area contributed by atoms with E-state index in [2.05, 4.69) is 5.10 Å². The molecule has 0 amide bonds. The first kappa shape index (κ1) is 24.5. The van der Waals surface area contributed by atoms with Crippen molar-refractivity contribution >= 4 is 27.3 Å². The van der Waals surface area contributed by atoms with Crippen molar-refractivity contribution < 1.29 is 13.2 Å². The average molecular weight is 483 g/mol. The Morgan fingerprint density at radius 3 is 2.38 bits per heavy atom. The van der Waals surface area contributed by atoms with Crippen LogP contribution in [0.15, 0.2) is 35.3 Å². The van der Waals surface area contributed by atoms with Crippen molar-refractivity contribution in [2.75, 3.05) is 37.7 Å². The van der Waals surface area contributed by atoms with Crippen LogP contribution >= 0.6 is 11.6 Å². The van der Waals surface area contributed by atoms with Crippen LogP contribution in [0.4, 0.5) is 5.69 Å². The summed E-state index contributed by atoms with van der Waals surface area (Å²) in [6, 6.07) is 6.90. The molecule has 176 valence electrons. The van der Waals surface area contributed by atoms with E-state index >= 15 is 0 Å². The Morgan fingerprint density at radius 2 is 1.81 bits per heavy atom. The molecule has 1 aromatic heterocycles. The number of rotatable bonds is 6. The van der Waals surface area contributed by atoms with Gasteiger partial charge in [-0.2, -0.15) is 14.1 Å². The van der Waals surface area contributed by atoms with E-state index in [1.165, 1.54) is 8.99 Å². The summed E-state index contributed by atoms with van der Waals surface area (Å²) < 4.78 is 33.8. The Labute approximate surface area is 194 Å². The third kappa shape index (κ3) is 5.44. The van der Waals surface area contributed by atoms with Crippen LogP contribution in [-0.4, -0.2) is 60.5 Å². The van der Waals surface area contributed by atoms with Crippen LogP contribution in [0.25, 0.3) is 5.69 Å². The number of hydrogen-bond acceptors (Lipinski definition) is 6. The van der Waals surface area contributed by atoms with Gasteiger partial charge in [-0.15, -0.1) is 0 Å². The highest BCUT2D eigenvalue weighted by Crippen LogP contribution is 2.28. The van der Waals surface area contributed by atoms with Crippen molar-refractivity contribution in [1.82, 2.24) is 14.1 Å². The van der Waals surface area contributed by atoms with Gasteiger partial charge in [-0.25, -0.2) is 8.42 Å². The fourth-order valence-corrected chi connectivity index (χ4v) is 4.81. The van der Waals surface area contributed by atoms with Crippen molar-refractivity contribution in [3.8, 4) is 11.4 Å². The monoisotopic (exact) mass is 482 g/mol. The molecule has 1 aromatic carbocycles. The molecule has 1 saturated heterocycles. The molecule has 2 heterocycles. The largest absolute Gasteiger partial charge is 0.486 e. The maximum atomic E-state index is 13.4. The minimum atomic E-state index is -3.32. The lowest BCUT2D eigenvalue weighted by atomic mass is 9.99. The number of anilines is 1. The Hall–Kier alpha value is -2.10. The standard InChI is InChI=1S/C22H31ClN4O4S/c1-16(2)32(29,30)26-11-9-25(10-12-26)19-14-24-27(18-8-6-7-17(23)13-18)21(28)20(19)31-15-22(3,4)5/h6-8,13-14,16H,9-12,15H2,1-5H3. The maximum Gasteiger partial charge on any atom is 0.316 e. The molecule has 0 spiro atoms. The van der Waals surface area contributed by atoms with Gasteiger partial charge in [0.1, 0.15) is 5.69 Å². The number of hydrogen-bond donors (Lipinski definition) is 0. The van der Waals surface area contributed by atoms with Crippen molar-refractivity contribution in [3.63, 3.8) is 0 Å². The van der Waals surface area contributed by atoms with Crippen molar-refractivity contribution in [2.24, 2.45) is 5.41 Å². The Bertz CT molecular complexity index is 1120. The van der Waals surface area contributed by atoms with Gasteiger partial charge in [0, 0.05) is 31.2 Å². The zero-order valence-corrected chi connectivity index (χ0v) is 20.8. The summed E-state index contributed by atoms with van der Waals surface area (Å²) in [6.07, 6.45) is 1.60. The Morgan fingerprint density at radius 1 is 1.16 bits per heavy atom. The predicted octanol–water partition coefficient (Wildman–Crippen LogP) is 3.17. The van der Waals surface area contributed by atoms with E-state index in [0.717, 1.165) is 0 Å². The molecule has 10 heteroatoms. The summed E-state index contributed by atoms with van der Waals surface area (Å²) in [4.78, 5) is 15.3. The van der Waals surface area contributed by atoms with E-state index in [9.17, 15) is 13.2 Å². The lowest BCUT2D eigenvalue weighted by molar-refractivity contribution is 0.195. The quantitative estimate of drug-likeness (QED) is 0.628. The number of benzene rings is 1. The lowest BCUT2D eigenvalue weighted by Gasteiger charge is -2.36. The van der Waals surface area contributed by atoms with Gasteiger partial charge in [0.2, 0.25) is 15.8 Å². The Kier molecular flexibility index (Phi) is 7.21. The summed E-state index contributed by atoms with van der Waals surface area (Å²) in [6.45, 7) is 11.4. The Balaban J connectivity index is 1.95. The van der Waals surface area contributed by atoms with Gasteiger partial charge in [0.05, 0.1) is 23.7 Å². The van der Waals surface area contributed by atoms with Crippen LogP contribution in [0, 0.1) is 5.41 Å². The fraction of sp³-hybridized carbons (Fsp3) is 0.545. The lowest BCUT2D eigenvalue weighted by Crippen LogP contribution is -2.50. The summed E-state index contributed by atoms with van der Waals surface area (Å²) in [5.41, 5.74) is 0.575. The minimum absolute atomic E-state index is 0.155. The second-order valence-corrected chi connectivity index (χ2v) is 12.3. The topological polar surface area (TPSA) is 84.7 Å². The van der Waals surface area contributed by atoms with Gasteiger partial charge in [-0.3, -0.25) is 4.79 Å². The van der Waals surface area contributed by atoms with Crippen molar-refractivity contribution in [2.45, 2.75) is 39.9 Å². The molecule has 0 bridgehead atoms. The van der Waals surface area contributed by atoms with Crippen LogP contribution in [0.1, 0.15) is 34.6 Å². The predicted molar refractivity (Wildman–Crippen MR) is 128 cm³/mol. The van der Waals surface area contributed by atoms with E-state index < -0.39 is 15.3 Å². The first-order valence-electron chi connectivity index (χ1n) is 10.6. The zero-order valence-electron chi connectivity index (χ0n) is 19.2. The van der Waals surface area contributed by atoms with Crippen LogP contribution in [0.2, 0.25) is 5.02 Å². The van der Waals surface area contributed by atoms with Gasteiger partial charge < -0.3 is 9.64 Å². The first-order chi connectivity index (χ1) is 14.9. The van der Waals surface area contributed by atoms with Crippen LogP contribution in [0.5, 0.6) is 5.75 Å². The van der Waals surface area contributed by atoms with Gasteiger partial charge >= 0.3 is 5.56 Å². The van der Waals surface area contributed by atoms with Crippen LogP contribution < -0.4 is 15.2 Å². The molecule has 1 fully saturated rings. The van der Waals surface area contributed by atoms with Gasteiger partial charge in [-0.1, -0.05) is 38.4 Å². The number of aromatic nitrogens is 2.